The summed E-state index contributed by atoms with van der Waals surface area (Å²) in [5, 5.41) is 0. The minimum absolute atomic E-state index is 0.860. The summed E-state index contributed by atoms with van der Waals surface area (Å²) >= 11 is 1.77. The van der Waals surface area contributed by atoms with Gasteiger partial charge in [0.2, 0.25) is 0 Å². The van der Waals surface area contributed by atoms with Crippen LogP contribution in [0.5, 0.6) is 0 Å². The predicted molar refractivity (Wildman–Crippen MR) is 94.6 cm³/mol. The molecule has 0 N–H and O–H groups in total. The van der Waals surface area contributed by atoms with Crippen molar-refractivity contribution in [3.63, 3.8) is 0 Å². The van der Waals surface area contributed by atoms with E-state index in [0.717, 1.165) is 12.5 Å². The van der Waals surface area contributed by atoms with Crippen LogP contribution < -0.4 is 0 Å². The Morgan fingerprint density at radius 2 is 1.00 bits per heavy atom. The van der Waals surface area contributed by atoms with Crippen LogP contribution in [0.25, 0.3) is 0 Å². The zero-order valence-corrected chi connectivity index (χ0v) is 14.9. The average molecular weight is 303 g/mol. The van der Waals surface area contributed by atoms with Crippen LogP contribution >= 0.6 is 11.8 Å². The molecule has 0 amide bonds. The standard InChI is InChI=1S/C18H38OS/c1-3-4-5-6-7-8-9-10-11-12-13-14-15-16-17-19-18-20-2/h3-18H2,1-2H3. The summed E-state index contributed by atoms with van der Waals surface area (Å²) in [4.78, 5) is 0. The molecule has 0 aromatic rings. The van der Waals surface area contributed by atoms with E-state index in [4.69, 9.17) is 4.74 Å². The second kappa shape index (κ2) is 19.3. The molecule has 0 aliphatic rings. The third-order valence-corrected chi connectivity index (χ3v) is 4.25. The molecule has 0 rings (SSSR count). The molecule has 0 saturated heterocycles. The van der Waals surface area contributed by atoms with E-state index in [0.29, 0.717) is 0 Å². The molecule has 0 aromatic carbocycles. The second-order valence-electron chi connectivity index (χ2n) is 5.91. The fourth-order valence-electron chi connectivity index (χ4n) is 2.54. The highest BCUT2D eigenvalue weighted by atomic mass is 32.2. The van der Waals surface area contributed by atoms with Gasteiger partial charge in [0.05, 0.1) is 5.94 Å². The smallest absolute Gasteiger partial charge is 0.0918 e. The molecule has 0 spiro atoms. The largest absolute Gasteiger partial charge is 0.371 e. The minimum atomic E-state index is 0.860. The molecule has 0 fully saturated rings. The van der Waals surface area contributed by atoms with Crippen LogP contribution in [-0.4, -0.2) is 18.8 Å². The molecule has 0 atom stereocenters. The number of thioether (sulfide) groups is 1. The monoisotopic (exact) mass is 302 g/mol. The lowest BCUT2D eigenvalue weighted by molar-refractivity contribution is 0.177. The molecule has 0 aliphatic carbocycles. The van der Waals surface area contributed by atoms with Crippen LogP contribution in [0.4, 0.5) is 0 Å². The maximum absolute atomic E-state index is 5.45. The van der Waals surface area contributed by atoms with Gasteiger partial charge < -0.3 is 4.74 Å². The molecule has 2 heteroatoms. The Hall–Kier alpha value is 0.310. The number of hydrogen-bond acceptors (Lipinski definition) is 2. The van der Waals surface area contributed by atoms with Crippen LogP contribution in [0.3, 0.4) is 0 Å². The van der Waals surface area contributed by atoms with Gasteiger partial charge in [0.1, 0.15) is 0 Å². The highest BCUT2D eigenvalue weighted by Crippen LogP contribution is 2.12. The lowest BCUT2D eigenvalue weighted by Crippen LogP contribution is -1.93. The normalized spacial score (nSPS) is 11.1. The molecule has 0 unspecified atom stereocenters. The van der Waals surface area contributed by atoms with Gasteiger partial charge in [0.15, 0.2) is 0 Å². The van der Waals surface area contributed by atoms with Crippen molar-refractivity contribution in [2.45, 2.75) is 96.8 Å². The van der Waals surface area contributed by atoms with Crippen LogP contribution in [0, 0.1) is 0 Å². The summed E-state index contributed by atoms with van der Waals surface area (Å²) in [6.45, 7) is 3.25. The van der Waals surface area contributed by atoms with Gasteiger partial charge in [0.25, 0.3) is 0 Å². The Kier molecular flexibility index (Phi) is 19.6. The Bertz CT molecular complexity index is 143. The number of rotatable bonds is 17. The SMILES string of the molecule is CCCCCCCCCCCCCCCCOCSC. The third-order valence-electron chi connectivity index (χ3n) is 3.84. The minimum Gasteiger partial charge on any atom is -0.371 e. The summed E-state index contributed by atoms with van der Waals surface area (Å²) in [5.74, 6) is 0.860. The van der Waals surface area contributed by atoms with Crippen LogP contribution in [0.2, 0.25) is 0 Å². The molecule has 122 valence electrons. The van der Waals surface area contributed by atoms with Crippen molar-refractivity contribution >= 4 is 11.8 Å². The Morgan fingerprint density at radius 1 is 0.600 bits per heavy atom. The van der Waals surface area contributed by atoms with E-state index in [1.54, 1.807) is 11.8 Å². The zero-order valence-electron chi connectivity index (χ0n) is 14.1. The lowest BCUT2D eigenvalue weighted by atomic mass is 10.0. The van der Waals surface area contributed by atoms with Crippen molar-refractivity contribution in [2.24, 2.45) is 0 Å². The molecule has 0 radical (unpaired) electrons. The van der Waals surface area contributed by atoms with E-state index < -0.39 is 0 Å². The third kappa shape index (κ3) is 18.3. The summed E-state index contributed by atoms with van der Waals surface area (Å²) in [7, 11) is 0. The van der Waals surface area contributed by atoms with Gasteiger partial charge in [-0.15, -0.1) is 11.8 Å². The second-order valence-corrected chi connectivity index (χ2v) is 6.72. The van der Waals surface area contributed by atoms with E-state index in [1.165, 1.54) is 89.9 Å². The quantitative estimate of drug-likeness (QED) is 0.216. The molecule has 0 saturated carbocycles. The average Bonchev–Trinajstić information content (AvgIpc) is 2.47. The molecule has 0 aliphatic heterocycles. The van der Waals surface area contributed by atoms with Crippen molar-refractivity contribution in [1.82, 2.24) is 0 Å². The molecule has 0 aromatic heterocycles. The highest BCUT2D eigenvalue weighted by Gasteiger charge is 1.94. The summed E-state index contributed by atoms with van der Waals surface area (Å²) in [6.07, 6.45) is 22.0. The van der Waals surface area contributed by atoms with Crippen molar-refractivity contribution < 1.29 is 4.74 Å². The molecular formula is C18H38OS. The fourth-order valence-corrected chi connectivity index (χ4v) is 2.83. The first-order valence-electron chi connectivity index (χ1n) is 8.98. The first kappa shape index (κ1) is 20.3. The Morgan fingerprint density at radius 3 is 1.40 bits per heavy atom. The van der Waals surface area contributed by atoms with Crippen molar-refractivity contribution in [2.75, 3.05) is 18.8 Å². The van der Waals surface area contributed by atoms with E-state index in [-0.39, 0.29) is 0 Å². The first-order chi connectivity index (χ1) is 9.91. The van der Waals surface area contributed by atoms with Crippen molar-refractivity contribution in [3.8, 4) is 0 Å². The van der Waals surface area contributed by atoms with Crippen molar-refractivity contribution in [1.29, 1.82) is 0 Å². The van der Waals surface area contributed by atoms with E-state index in [1.807, 2.05) is 0 Å². The summed E-state index contributed by atoms with van der Waals surface area (Å²) in [6, 6.07) is 0. The zero-order chi connectivity index (χ0) is 14.7. The van der Waals surface area contributed by atoms with Crippen LogP contribution in [0.15, 0.2) is 0 Å². The van der Waals surface area contributed by atoms with E-state index >= 15 is 0 Å². The molecule has 1 nitrogen and oxygen atoms in total. The van der Waals surface area contributed by atoms with Gasteiger partial charge in [-0.3, -0.25) is 0 Å². The van der Waals surface area contributed by atoms with Gasteiger partial charge in [0, 0.05) is 6.61 Å². The van der Waals surface area contributed by atoms with Crippen LogP contribution in [0.1, 0.15) is 96.8 Å². The highest BCUT2D eigenvalue weighted by molar-refractivity contribution is 7.98. The Labute approximate surface area is 132 Å². The molecule has 0 heterocycles. The molecular weight excluding hydrogens is 264 g/mol. The predicted octanol–water partition coefficient (Wildman–Crippen LogP) is 6.80. The van der Waals surface area contributed by atoms with E-state index in [9.17, 15) is 0 Å². The molecule has 20 heavy (non-hydrogen) atoms. The topological polar surface area (TPSA) is 9.23 Å². The van der Waals surface area contributed by atoms with Gasteiger partial charge in [-0.25, -0.2) is 0 Å². The number of ether oxygens (including phenoxy) is 1. The van der Waals surface area contributed by atoms with Gasteiger partial charge in [-0.2, -0.15) is 0 Å². The first-order valence-corrected chi connectivity index (χ1v) is 10.4. The van der Waals surface area contributed by atoms with Crippen LogP contribution in [-0.2, 0) is 4.74 Å². The van der Waals surface area contributed by atoms with Gasteiger partial charge >= 0.3 is 0 Å². The number of unbranched alkanes of at least 4 members (excludes halogenated alkanes) is 13. The lowest BCUT2D eigenvalue weighted by Gasteiger charge is -2.04. The maximum Gasteiger partial charge on any atom is 0.0918 e. The van der Waals surface area contributed by atoms with Gasteiger partial charge in [-0.05, 0) is 12.7 Å². The fraction of sp³-hybridized carbons (Fsp3) is 1.00. The summed E-state index contributed by atoms with van der Waals surface area (Å²) < 4.78 is 5.45. The molecule has 0 bridgehead atoms. The maximum atomic E-state index is 5.45. The Balaban J connectivity index is 2.89. The summed E-state index contributed by atoms with van der Waals surface area (Å²) in [5.41, 5.74) is 0. The number of hydrogen-bond donors (Lipinski definition) is 0. The van der Waals surface area contributed by atoms with Gasteiger partial charge in [-0.1, -0.05) is 90.4 Å². The van der Waals surface area contributed by atoms with Crippen molar-refractivity contribution in [3.05, 3.63) is 0 Å². The van der Waals surface area contributed by atoms with E-state index in [2.05, 4.69) is 13.2 Å².